The van der Waals surface area contributed by atoms with Crippen molar-refractivity contribution in [2.45, 2.75) is 17.9 Å². The van der Waals surface area contributed by atoms with Crippen molar-refractivity contribution >= 4 is 32.4 Å². The molecule has 3 heterocycles. The van der Waals surface area contributed by atoms with E-state index in [-0.39, 0.29) is 23.0 Å². The van der Waals surface area contributed by atoms with Gasteiger partial charge in [0.05, 0.1) is 31.4 Å². The van der Waals surface area contributed by atoms with E-state index in [1.54, 1.807) is 30.5 Å². The summed E-state index contributed by atoms with van der Waals surface area (Å²) in [5.41, 5.74) is 1.08. The highest BCUT2D eigenvalue weighted by molar-refractivity contribution is 7.89. The lowest BCUT2D eigenvalue weighted by Crippen LogP contribution is -2.35. The first kappa shape index (κ1) is 21.2. The SMILES string of the molecule is COc1ccc(S(=O)(=O)N2CCc3nc(NC(=O)c4ccccn4)sc3C2)cc1OC. The molecule has 1 aliphatic rings. The molecule has 162 valence electrons. The smallest absolute Gasteiger partial charge is 0.276 e. The van der Waals surface area contributed by atoms with Crippen molar-refractivity contribution in [1.82, 2.24) is 14.3 Å². The van der Waals surface area contributed by atoms with E-state index >= 15 is 0 Å². The third kappa shape index (κ3) is 4.24. The molecule has 1 N–H and O–H groups in total. The Labute approximate surface area is 183 Å². The van der Waals surface area contributed by atoms with Gasteiger partial charge in [0.1, 0.15) is 5.69 Å². The summed E-state index contributed by atoms with van der Waals surface area (Å²) in [6.45, 7) is 0.476. The molecular formula is C20H20N4O5S2. The first-order valence-electron chi connectivity index (χ1n) is 9.35. The van der Waals surface area contributed by atoms with E-state index in [2.05, 4.69) is 15.3 Å². The average Bonchev–Trinajstić information content (AvgIpc) is 3.20. The first-order chi connectivity index (χ1) is 14.9. The summed E-state index contributed by atoms with van der Waals surface area (Å²) >= 11 is 1.27. The van der Waals surface area contributed by atoms with Crippen LogP contribution in [0.25, 0.3) is 0 Å². The van der Waals surface area contributed by atoms with Gasteiger partial charge in [0.15, 0.2) is 16.6 Å². The number of pyridine rings is 1. The molecule has 31 heavy (non-hydrogen) atoms. The van der Waals surface area contributed by atoms with Crippen molar-refractivity contribution in [1.29, 1.82) is 0 Å². The van der Waals surface area contributed by atoms with Crippen LogP contribution < -0.4 is 14.8 Å². The Morgan fingerprint density at radius 1 is 1.16 bits per heavy atom. The molecule has 0 saturated heterocycles. The van der Waals surface area contributed by atoms with Crippen LogP contribution in [-0.4, -0.2) is 49.4 Å². The van der Waals surface area contributed by atoms with Crippen LogP contribution in [0.3, 0.4) is 0 Å². The van der Waals surface area contributed by atoms with Crippen molar-refractivity contribution < 1.29 is 22.7 Å². The molecule has 0 radical (unpaired) electrons. The number of benzene rings is 1. The van der Waals surface area contributed by atoms with Gasteiger partial charge < -0.3 is 9.47 Å². The quantitative estimate of drug-likeness (QED) is 0.602. The Hall–Kier alpha value is -3.02. The molecule has 1 amide bonds. The lowest BCUT2D eigenvalue weighted by Gasteiger charge is -2.25. The van der Waals surface area contributed by atoms with Gasteiger partial charge in [0.2, 0.25) is 10.0 Å². The molecule has 2 aromatic heterocycles. The average molecular weight is 461 g/mol. The van der Waals surface area contributed by atoms with Crippen LogP contribution in [0.1, 0.15) is 21.1 Å². The second-order valence-electron chi connectivity index (χ2n) is 6.66. The molecule has 4 rings (SSSR count). The summed E-state index contributed by atoms with van der Waals surface area (Å²) in [6.07, 6.45) is 2.00. The minimum Gasteiger partial charge on any atom is -0.493 e. The number of rotatable bonds is 6. The fraction of sp³-hybridized carbons (Fsp3) is 0.250. The number of sulfonamides is 1. The minimum atomic E-state index is -3.74. The summed E-state index contributed by atoms with van der Waals surface area (Å²) in [6, 6.07) is 9.59. The molecule has 0 aliphatic carbocycles. The van der Waals surface area contributed by atoms with Crippen molar-refractivity contribution in [3.8, 4) is 11.5 Å². The number of carbonyl (C=O) groups excluding carboxylic acids is 1. The number of carbonyl (C=O) groups is 1. The number of nitrogens with zero attached hydrogens (tertiary/aromatic N) is 3. The zero-order chi connectivity index (χ0) is 22.0. The van der Waals surface area contributed by atoms with Crippen LogP contribution >= 0.6 is 11.3 Å². The van der Waals surface area contributed by atoms with E-state index in [1.807, 2.05) is 0 Å². The molecule has 0 bridgehead atoms. The second kappa shape index (κ2) is 8.61. The molecule has 0 fully saturated rings. The van der Waals surface area contributed by atoms with Crippen LogP contribution in [0.2, 0.25) is 0 Å². The summed E-state index contributed by atoms with van der Waals surface area (Å²) in [4.78, 5) is 21.7. The van der Waals surface area contributed by atoms with Crippen molar-refractivity contribution in [2.75, 3.05) is 26.1 Å². The van der Waals surface area contributed by atoms with Gasteiger partial charge >= 0.3 is 0 Å². The Kier molecular flexibility index (Phi) is 5.90. The summed E-state index contributed by atoms with van der Waals surface area (Å²) in [5, 5.41) is 3.16. The van der Waals surface area contributed by atoms with Crippen LogP contribution in [0.15, 0.2) is 47.5 Å². The van der Waals surface area contributed by atoms with Gasteiger partial charge in [-0.1, -0.05) is 6.07 Å². The van der Waals surface area contributed by atoms with Crippen molar-refractivity contribution in [3.63, 3.8) is 0 Å². The maximum absolute atomic E-state index is 13.2. The van der Waals surface area contributed by atoms with Crippen LogP contribution in [0.4, 0.5) is 5.13 Å². The summed E-state index contributed by atoms with van der Waals surface area (Å²) < 4.78 is 38.2. The fourth-order valence-electron chi connectivity index (χ4n) is 3.21. The number of ether oxygens (including phenoxy) is 2. The first-order valence-corrected chi connectivity index (χ1v) is 11.6. The normalized spacial score (nSPS) is 14.0. The Bertz CT molecular complexity index is 1210. The van der Waals surface area contributed by atoms with Crippen LogP contribution in [0.5, 0.6) is 11.5 Å². The lowest BCUT2D eigenvalue weighted by molar-refractivity contribution is 0.102. The van der Waals surface area contributed by atoms with Gasteiger partial charge in [0, 0.05) is 30.1 Å². The van der Waals surface area contributed by atoms with E-state index in [0.29, 0.717) is 29.6 Å². The monoisotopic (exact) mass is 460 g/mol. The number of anilines is 1. The zero-order valence-electron chi connectivity index (χ0n) is 16.9. The largest absolute Gasteiger partial charge is 0.493 e. The highest BCUT2D eigenvalue weighted by atomic mass is 32.2. The van der Waals surface area contributed by atoms with E-state index in [0.717, 1.165) is 10.6 Å². The topological polar surface area (TPSA) is 111 Å². The van der Waals surface area contributed by atoms with Crippen LogP contribution in [-0.2, 0) is 23.0 Å². The number of nitrogens with one attached hydrogen (secondary N) is 1. The van der Waals surface area contributed by atoms with Crippen LogP contribution in [0, 0.1) is 0 Å². The number of hydrogen-bond donors (Lipinski definition) is 1. The van der Waals surface area contributed by atoms with Crippen molar-refractivity contribution in [2.24, 2.45) is 0 Å². The molecule has 1 aromatic carbocycles. The molecular weight excluding hydrogens is 440 g/mol. The standard InChI is InChI=1S/C20H20N4O5S2/c1-28-16-7-6-13(11-17(16)29-2)31(26,27)24-10-8-14-18(12-24)30-20(22-14)23-19(25)15-5-3-4-9-21-15/h3-7,9,11H,8,10,12H2,1-2H3,(H,22,23,25). The Morgan fingerprint density at radius 3 is 2.68 bits per heavy atom. The number of fused-ring (bicyclic) bond motifs is 1. The summed E-state index contributed by atoms with van der Waals surface area (Å²) in [7, 11) is -0.790. The van der Waals surface area contributed by atoms with E-state index < -0.39 is 10.0 Å². The third-order valence-electron chi connectivity index (χ3n) is 4.81. The number of amides is 1. The maximum Gasteiger partial charge on any atom is 0.276 e. The molecule has 0 atom stereocenters. The second-order valence-corrected chi connectivity index (χ2v) is 9.68. The third-order valence-corrected chi connectivity index (χ3v) is 7.65. The van der Waals surface area contributed by atoms with Gasteiger partial charge in [0.25, 0.3) is 5.91 Å². The molecule has 3 aromatic rings. The van der Waals surface area contributed by atoms with E-state index in [1.165, 1.54) is 42.0 Å². The number of hydrogen-bond acceptors (Lipinski definition) is 8. The fourth-order valence-corrected chi connectivity index (χ4v) is 5.74. The minimum absolute atomic E-state index is 0.127. The van der Waals surface area contributed by atoms with Gasteiger partial charge in [-0.25, -0.2) is 13.4 Å². The number of methoxy groups -OCH3 is 2. The molecule has 0 spiro atoms. The maximum atomic E-state index is 13.2. The predicted molar refractivity (Wildman–Crippen MR) is 115 cm³/mol. The molecule has 0 saturated carbocycles. The molecule has 1 aliphatic heterocycles. The highest BCUT2D eigenvalue weighted by Crippen LogP contribution is 2.34. The van der Waals surface area contributed by atoms with E-state index in [9.17, 15) is 13.2 Å². The zero-order valence-corrected chi connectivity index (χ0v) is 18.5. The van der Waals surface area contributed by atoms with Gasteiger partial charge in [-0.15, -0.1) is 11.3 Å². The number of aromatic nitrogens is 2. The van der Waals surface area contributed by atoms with E-state index in [4.69, 9.17) is 9.47 Å². The lowest BCUT2D eigenvalue weighted by atomic mass is 10.2. The Balaban J connectivity index is 1.53. The summed E-state index contributed by atoms with van der Waals surface area (Å²) in [5.74, 6) is 0.443. The van der Waals surface area contributed by atoms with Gasteiger partial charge in [-0.2, -0.15) is 4.31 Å². The highest BCUT2D eigenvalue weighted by Gasteiger charge is 2.31. The molecule has 11 heteroatoms. The molecule has 9 nitrogen and oxygen atoms in total. The van der Waals surface area contributed by atoms with Crippen molar-refractivity contribution in [3.05, 3.63) is 58.9 Å². The predicted octanol–water partition coefficient (Wildman–Crippen LogP) is 2.55. The number of thiazole rings is 1. The van der Waals surface area contributed by atoms with Gasteiger partial charge in [-0.05, 0) is 24.3 Å². The molecule has 0 unspecified atom stereocenters. The van der Waals surface area contributed by atoms with Gasteiger partial charge in [-0.3, -0.25) is 15.1 Å². The Morgan fingerprint density at radius 2 is 1.97 bits per heavy atom.